The van der Waals surface area contributed by atoms with Gasteiger partial charge in [0.25, 0.3) is 0 Å². The van der Waals surface area contributed by atoms with E-state index in [1.807, 2.05) is 54.6 Å². The Balaban J connectivity index is 1.71. The predicted octanol–water partition coefficient (Wildman–Crippen LogP) is 4.52. The molecule has 0 aliphatic rings. The van der Waals surface area contributed by atoms with Gasteiger partial charge in [-0.25, -0.2) is 0 Å². The van der Waals surface area contributed by atoms with Gasteiger partial charge in [0, 0.05) is 12.5 Å². The van der Waals surface area contributed by atoms with Gasteiger partial charge in [-0.2, -0.15) is 0 Å². The molecule has 2 rings (SSSR count). The van der Waals surface area contributed by atoms with Crippen molar-refractivity contribution in [3.05, 3.63) is 84.4 Å². The molecule has 116 valence electrons. The summed E-state index contributed by atoms with van der Waals surface area (Å²) in [5.41, 5.74) is 2.13. The van der Waals surface area contributed by atoms with Gasteiger partial charge in [-0.3, -0.25) is 0 Å². The molecule has 2 aromatic carbocycles. The molecule has 0 unspecified atom stereocenters. The van der Waals surface area contributed by atoms with Crippen LogP contribution in [-0.4, -0.2) is 11.7 Å². The van der Waals surface area contributed by atoms with Crippen molar-refractivity contribution in [3.63, 3.8) is 0 Å². The topological polar surface area (TPSA) is 29.5 Å². The lowest BCUT2D eigenvalue weighted by Crippen LogP contribution is -2.11. The quantitative estimate of drug-likeness (QED) is 0.544. The van der Waals surface area contributed by atoms with Gasteiger partial charge in [0.1, 0.15) is 0 Å². The maximum absolute atomic E-state index is 10.4. The molecule has 2 nitrogen and oxygen atoms in total. The first-order valence-corrected chi connectivity index (χ1v) is 7.78. The average Bonchev–Trinajstić information content (AvgIpc) is 2.59. The summed E-state index contributed by atoms with van der Waals surface area (Å²) in [5, 5.41) is 10.4. The van der Waals surface area contributed by atoms with Crippen LogP contribution in [0.2, 0.25) is 0 Å². The van der Waals surface area contributed by atoms with Crippen molar-refractivity contribution in [2.75, 3.05) is 6.61 Å². The van der Waals surface area contributed by atoms with Crippen molar-refractivity contribution in [1.29, 1.82) is 0 Å². The van der Waals surface area contributed by atoms with E-state index < -0.39 is 6.10 Å². The van der Waals surface area contributed by atoms with Crippen LogP contribution < -0.4 is 0 Å². The van der Waals surface area contributed by atoms with Gasteiger partial charge >= 0.3 is 0 Å². The normalized spacial score (nSPS) is 13.5. The molecule has 22 heavy (non-hydrogen) atoms. The monoisotopic (exact) mass is 296 g/mol. The number of hydrogen-bond acceptors (Lipinski definition) is 2. The van der Waals surface area contributed by atoms with Crippen LogP contribution in [0.3, 0.4) is 0 Å². The third kappa shape index (κ3) is 5.14. The molecule has 0 saturated heterocycles. The minimum absolute atomic E-state index is 0.0581. The van der Waals surface area contributed by atoms with Gasteiger partial charge in [-0.1, -0.05) is 66.7 Å². The summed E-state index contributed by atoms with van der Waals surface area (Å²) in [6, 6.07) is 19.9. The standard InChI is InChI=1S/C20H24O2/c1-2-18(20(21)19-12-7-4-8-13-19)14-9-15-22-16-17-10-5-3-6-11-17/h2-8,10-13,18,20-21H,1,9,14-16H2/t18-,20+/m1/s1. The Hall–Kier alpha value is -1.90. The molecule has 0 heterocycles. The molecule has 0 aliphatic carbocycles. The zero-order valence-electron chi connectivity index (χ0n) is 12.9. The van der Waals surface area contributed by atoms with Crippen molar-refractivity contribution in [2.45, 2.75) is 25.6 Å². The second-order valence-electron chi connectivity index (χ2n) is 5.44. The second kappa shape index (κ2) is 9.19. The van der Waals surface area contributed by atoms with Gasteiger partial charge in [-0.15, -0.1) is 6.58 Å². The van der Waals surface area contributed by atoms with Gasteiger partial charge < -0.3 is 9.84 Å². The molecule has 0 radical (unpaired) electrons. The number of benzene rings is 2. The Morgan fingerprint density at radius 3 is 2.27 bits per heavy atom. The maximum Gasteiger partial charge on any atom is 0.0852 e. The van der Waals surface area contributed by atoms with E-state index in [0.717, 1.165) is 18.4 Å². The third-order valence-electron chi connectivity index (χ3n) is 3.79. The first-order chi connectivity index (χ1) is 10.8. The number of rotatable bonds is 9. The smallest absolute Gasteiger partial charge is 0.0852 e. The van der Waals surface area contributed by atoms with E-state index in [0.29, 0.717) is 13.2 Å². The minimum Gasteiger partial charge on any atom is -0.388 e. The SMILES string of the molecule is C=C[C@H](CCCOCc1ccccc1)[C@H](O)c1ccccc1. The van der Waals surface area contributed by atoms with E-state index in [-0.39, 0.29) is 5.92 Å². The van der Waals surface area contributed by atoms with Gasteiger partial charge in [0.2, 0.25) is 0 Å². The van der Waals surface area contributed by atoms with Gasteiger partial charge in [0.05, 0.1) is 12.7 Å². The van der Waals surface area contributed by atoms with E-state index in [1.54, 1.807) is 0 Å². The molecular formula is C20H24O2. The molecule has 1 N–H and O–H groups in total. The number of aliphatic hydroxyl groups is 1. The molecule has 0 aromatic heterocycles. The summed E-state index contributed by atoms with van der Waals surface area (Å²) in [6.45, 7) is 5.19. The molecule has 2 heteroatoms. The van der Waals surface area contributed by atoms with Crippen LogP contribution in [0.15, 0.2) is 73.3 Å². The van der Waals surface area contributed by atoms with Gasteiger partial charge in [0.15, 0.2) is 0 Å². The molecule has 0 fully saturated rings. The minimum atomic E-state index is -0.493. The Bertz CT molecular complexity index is 536. The molecule has 2 aromatic rings. The summed E-state index contributed by atoms with van der Waals surface area (Å²) in [5.74, 6) is 0.0581. The van der Waals surface area contributed by atoms with E-state index in [2.05, 4.69) is 18.7 Å². The fourth-order valence-electron chi connectivity index (χ4n) is 2.49. The Labute approximate surface area is 133 Å². The largest absolute Gasteiger partial charge is 0.388 e. The average molecular weight is 296 g/mol. The fourth-order valence-corrected chi connectivity index (χ4v) is 2.49. The second-order valence-corrected chi connectivity index (χ2v) is 5.44. The highest BCUT2D eigenvalue weighted by Gasteiger charge is 2.17. The van der Waals surface area contributed by atoms with Gasteiger partial charge in [-0.05, 0) is 24.0 Å². The van der Waals surface area contributed by atoms with Crippen molar-refractivity contribution in [3.8, 4) is 0 Å². The van der Waals surface area contributed by atoms with Crippen LogP contribution in [0.4, 0.5) is 0 Å². The Kier molecular flexibility index (Phi) is 6.88. The fraction of sp³-hybridized carbons (Fsp3) is 0.300. The molecule has 0 spiro atoms. The summed E-state index contributed by atoms with van der Waals surface area (Å²) >= 11 is 0. The lowest BCUT2D eigenvalue weighted by molar-refractivity contribution is 0.0953. The highest BCUT2D eigenvalue weighted by Crippen LogP contribution is 2.26. The highest BCUT2D eigenvalue weighted by atomic mass is 16.5. The van der Waals surface area contributed by atoms with Crippen LogP contribution in [0.1, 0.15) is 30.1 Å². The van der Waals surface area contributed by atoms with Crippen molar-refractivity contribution < 1.29 is 9.84 Å². The molecule has 0 aliphatic heterocycles. The van der Waals surface area contributed by atoms with Crippen molar-refractivity contribution >= 4 is 0 Å². The molecule has 2 atom stereocenters. The van der Waals surface area contributed by atoms with Crippen molar-refractivity contribution in [1.82, 2.24) is 0 Å². The van der Waals surface area contributed by atoms with Crippen LogP contribution in [0, 0.1) is 5.92 Å². The Morgan fingerprint density at radius 1 is 1.00 bits per heavy atom. The summed E-state index contributed by atoms with van der Waals surface area (Å²) in [4.78, 5) is 0. The molecular weight excluding hydrogens is 272 g/mol. The molecule has 0 saturated carbocycles. The lowest BCUT2D eigenvalue weighted by Gasteiger charge is -2.20. The zero-order chi connectivity index (χ0) is 15.6. The van der Waals surface area contributed by atoms with Crippen LogP contribution >= 0.6 is 0 Å². The van der Waals surface area contributed by atoms with E-state index >= 15 is 0 Å². The van der Waals surface area contributed by atoms with E-state index in [4.69, 9.17) is 4.74 Å². The summed E-state index contributed by atoms with van der Waals surface area (Å²) < 4.78 is 5.68. The lowest BCUT2D eigenvalue weighted by atomic mass is 9.92. The predicted molar refractivity (Wildman–Crippen MR) is 90.4 cm³/mol. The number of aliphatic hydroxyl groups excluding tert-OH is 1. The van der Waals surface area contributed by atoms with Crippen LogP contribution in [-0.2, 0) is 11.3 Å². The van der Waals surface area contributed by atoms with Crippen LogP contribution in [0.5, 0.6) is 0 Å². The zero-order valence-corrected chi connectivity index (χ0v) is 12.9. The van der Waals surface area contributed by atoms with E-state index in [9.17, 15) is 5.11 Å². The molecule has 0 amide bonds. The summed E-state index contributed by atoms with van der Waals surface area (Å²) in [7, 11) is 0. The van der Waals surface area contributed by atoms with E-state index in [1.165, 1.54) is 5.56 Å². The molecule has 0 bridgehead atoms. The maximum atomic E-state index is 10.4. The third-order valence-corrected chi connectivity index (χ3v) is 3.79. The number of hydrogen-bond donors (Lipinski definition) is 1. The summed E-state index contributed by atoms with van der Waals surface area (Å²) in [6.07, 6.45) is 3.13. The first kappa shape index (κ1) is 16.5. The first-order valence-electron chi connectivity index (χ1n) is 7.78. The highest BCUT2D eigenvalue weighted by molar-refractivity contribution is 5.19. The Morgan fingerprint density at radius 2 is 1.64 bits per heavy atom. The number of ether oxygens (including phenoxy) is 1. The van der Waals surface area contributed by atoms with Crippen LogP contribution in [0.25, 0.3) is 0 Å². The van der Waals surface area contributed by atoms with Crippen molar-refractivity contribution in [2.24, 2.45) is 5.92 Å².